The molecule has 0 bridgehead atoms. The van der Waals surface area contributed by atoms with Crippen LogP contribution in [0.1, 0.15) is 5.56 Å². The lowest BCUT2D eigenvalue weighted by Crippen LogP contribution is -2.36. The molecule has 1 aromatic rings. The monoisotopic (exact) mass is 255 g/mol. The molecule has 17 heavy (non-hydrogen) atoms. The third-order valence-electron chi connectivity index (χ3n) is 2.20. The molecule has 0 atom stereocenters. The largest absolute Gasteiger partial charge is 0.409 e. The molecule has 1 amide bonds. The summed E-state index contributed by atoms with van der Waals surface area (Å²) < 4.78 is 0. The fourth-order valence-electron chi connectivity index (χ4n) is 1.32. The normalized spacial score (nSPS) is 11.3. The van der Waals surface area contributed by atoms with Gasteiger partial charge in [0.15, 0.2) is 5.84 Å². The zero-order chi connectivity index (χ0) is 12.8. The summed E-state index contributed by atoms with van der Waals surface area (Å²) in [4.78, 5) is 13.2. The minimum absolute atomic E-state index is 0.00746. The lowest BCUT2D eigenvalue weighted by Gasteiger charge is -2.16. The Hall–Kier alpha value is -1.75. The topological polar surface area (TPSA) is 78.9 Å². The van der Waals surface area contributed by atoms with Gasteiger partial charge in [0, 0.05) is 12.1 Å². The number of halogens is 1. The Labute approximate surface area is 104 Å². The van der Waals surface area contributed by atoms with Gasteiger partial charge in [-0.05, 0) is 17.7 Å². The van der Waals surface area contributed by atoms with Crippen molar-refractivity contribution < 1.29 is 10.0 Å². The highest BCUT2D eigenvalue weighted by molar-refractivity contribution is 6.30. The Morgan fingerprint density at radius 2 is 2.29 bits per heavy atom. The van der Waals surface area contributed by atoms with Crippen molar-refractivity contribution in [3.63, 3.8) is 0 Å². The van der Waals surface area contributed by atoms with Crippen molar-refractivity contribution in [1.82, 2.24) is 4.90 Å². The van der Waals surface area contributed by atoms with Gasteiger partial charge in [-0.2, -0.15) is 0 Å². The summed E-state index contributed by atoms with van der Waals surface area (Å²) in [6, 6.07) is 7.09. The third-order valence-corrected chi connectivity index (χ3v) is 2.43. The van der Waals surface area contributed by atoms with E-state index in [-0.39, 0.29) is 24.7 Å². The van der Waals surface area contributed by atoms with Crippen molar-refractivity contribution in [3.8, 4) is 0 Å². The summed E-state index contributed by atoms with van der Waals surface area (Å²) in [5, 5.41) is 11.8. The summed E-state index contributed by atoms with van der Waals surface area (Å²) in [7, 11) is 1.59. The summed E-state index contributed by atoms with van der Waals surface area (Å²) in [5.41, 5.74) is 6.14. The maximum atomic E-state index is 11.8. The Balaban J connectivity index is 2.60. The first kappa shape index (κ1) is 13.3. The Kier molecular flexibility index (Phi) is 4.78. The van der Waals surface area contributed by atoms with E-state index in [2.05, 4.69) is 5.16 Å². The first-order valence-corrected chi connectivity index (χ1v) is 5.35. The van der Waals surface area contributed by atoms with Crippen LogP contribution in [0.25, 0.3) is 0 Å². The number of likely N-dealkylation sites (N-methyl/N-ethyl adjacent to an activating group) is 1. The van der Waals surface area contributed by atoms with Crippen LogP contribution < -0.4 is 5.73 Å². The number of rotatable bonds is 4. The number of nitrogens with two attached hydrogens (primary N) is 1. The third kappa shape index (κ3) is 4.32. The van der Waals surface area contributed by atoms with Crippen LogP contribution in [-0.4, -0.2) is 35.4 Å². The van der Waals surface area contributed by atoms with Gasteiger partial charge < -0.3 is 15.8 Å². The molecule has 0 aliphatic heterocycles. The molecule has 0 saturated heterocycles. The number of oxime groups is 1. The standard InChI is InChI=1S/C11H14ClN3O2/c1-15(7-10(13)14-17)11(16)6-8-3-2-4-9(12)5-8/h2-5,17H,6-7H2,1H3,(H2,13,14). The highest BCUT2D eigenvalue weighted by Crippen LogP contribution is 2.11. The van der Waals surface area contributed by atoms with Gasteiger partial charge >= 0.3 is 0 Å². The van der Waals surface area contributed by atoms with Crippen LogP contribution in [-0.2, 0) is 11.2 Å². The van der Waals surface area contributed by atoms with Crippen LogP contribution in [0.3, 0.4) is 0 Å². The molecular weight excluding hydrogens is 242 g/mol. The minimum atomic E-state index is -0.126. The van der Waals surface area contributed by atoms with Crippen LogP contribution in [0.15, 0.2) is 29.4 Å². The van der Waals surface area contributed by atoms with E-state index < -0.39 is 0 Å². The van der Waals surface area contributed by atoms with Gasteiger partial charge in [-0.25, -0.2) is 0 Å². The number of hydrogen-bond acceptors (Lipinski definition) is 3. The van der Waals surface area contributed by atoms with E-state index in [1.807, 2.05) is 6.07 Å². The number of benzene rings is 1. The van der Waals surface area contributed by atoms with Gasteiger partial charge in [-0.1, -0.05) is 28.9 Å². The minimum Gasteiger partial charge on any atom is -0.409 e. The van der Waals surface area contributed by atoms with Gasteiger partial charge in [-0.15, -0.1) is 0 Å². The van der Waals surface area contributed by atoms with Crippen LogP contribution in [0.5, 0.6) is 0 Å². The van der Waals surface area contributed by atoms with Gasteiger partial charge in [0.05, 0.1) is 13.0 Å². The number of carbonyl (C=O) groups is 1. The highest BCUT2D eigenvalue weighted by Gasteiger charge is 2.11. The molecule has 0 unspecified atom stereocenters. The predicted molar refractivity (Wildman–Crippen MR) is 66.2 cm³/mol. The second-order valence-corrected chi connectivity index (χ2v) is 4.08. The summed E-state index contributed by atoms with van der Waals surface area (Å²) in [5.74, 6) is -0.134. The number of amidine groups is 1. The maximum absolute atomic E-state index is 11.8. The van der Waals surface area contributed by atoms with E-state index in [0.29, 0.717) is 5.02 Å². The van der Waals surface area contributed by atoms with E-state index in [1.165, 1.54) is 4.90 Å². The molecule has 0 aromatic heterocycles. The number of nitrogens with zero attached hydrogens (tertiary/aromatic N) is 2. The number of carbonyl (C=O) groups excluding carboxylic acids is 1. The van der Waals surface area contributed by atoms with Crippen molar-refractivity contribution in [1.29, 1.82) is 0 Å². The van der Waals surface area contributed by atoms with E-state index in [0.717, 1.165) is 5.56 Å². The van der Waals surface area contributed by atoms with Gasteiger partial charge in [0.25, 0.3) is 0 Å². The van der Waals surface area contributed by atoms with E-state index in [1.54, 1.807) is 25.2 Å². The molecular formula is C11H14ClN3O2. The molecule has 0 spiro atoms. The number of hydrogen-bond donors (Lipinski definition) is 2. The van der Waals surface area contributed by atoms with Crippen LogP contribution in [0.2, 0.25) is 5.02 Å². The van der Waals surface area contributed by atoms with Crippen molar-refractivity contribution >= 4 is 23.3 Å². The molecule has 5 nitrogen and oxygen atoms in total. The van der Waals surface area contributed by atoms with Crippen molar-refractivity contribution in [2.24, 2.45) is 10.9 Å². The molecule has 6 heteroatoms. The van der Waals surface area contributed by atoms with Gasteiger partial charge in [0.1, 0.15) is 0 Å². The highest BCUT2D eigenvalue weighted by atomic mass is 35.5. The molecule has 0 heterocycles. The van der Waals surface area contributed by atoms with E-state index in [4.69, 9.17) is 22.5 Å². The molecule has 0 saturated carbocycles. The quantitative estimate of drug-likeness (QED) is 0.366. The fraction of sp³-hybridized carbons (Fsp3) is 0.273. The van der Waals surface area contributed by atoms with Crippen molar-refractivity contribution in [3.05, 3.63) is 34.9 Å². The SMILES string of the molecule is CN(C/C(N)=N/O)C(=O)Cc1cccc(Cl)c1. The fourth-order valence-corrected chi connectivity index (χ4v) is 1.53. The van der Waals surface area contributed by atoms with Gasteiger partial charge in [-0.3, -0.25) is 4.79 Å². The Bertz CT molecular complexity index is 434. The first-order chi connectivity index (χ1) is 8.02. The number of amides is 1. The lowest BCUT2D eigenvalue weighted by molar-refractivity contribution is -0.128. The molecule has 3 N–H and O–H groups in total. The molecule has 0 fully saturated rings. The lowest BCUT2D eigenvalue weighted by atomic mass is 10.1. The van der Waals surface area contributed by atoms with Crippen LogP contribution in [0.4, 0.5) is 0 Å². The zero-order valence-corrected chi connectivity index (χ0v) is 10.2. The molecule has 0 aliphatic rings. The second kappa shape index (κ2) is 6.10. The summed E-state index contributed by atoms with van der Waals surface area (Å²) in [6.45, 7) is 0.0932. The van der Waals surface area contributed by atoms with Crippen molar-refractivity contribution in [2.45, 2.75) is 6.42 Å². The predicted octanol–water partition coefficient (Wildman–Crippen LogP) is 1.09. The molecule has 92 valence electrons. The van der Waals surface area contributed by atoms with E-state index in [9.17, 15) is 4.79 Å². The molecule has 0 aliphatic carbocycles. The molecule has 1 aromatic carbocycles. The zero-order valence-electron chi connectivity index (χ0n) is 9.43. The Morgan fingerprint density at radius 1 is 1.59 bits per heavy atom. The van der Waals surface area contributed by atoms with E-state index >= 15 is 0 Å². The summed E-state index contributed by atoms with van der Waals surface area (Å²) in [6.07, 6.45) is 0.232. The molecule has 0 radical (unpaired) electrons. The average molecular weight is 256 g/mol. The molecule has 1 rings (SSSR count). The maximum Gasteiger partial charge on any atom is 0.227 e. The summed E-state index contributed by atoms with van der Waals surface area (Å²) >= 11 is 5.82. The van der Waals surface area contributed by atoms with Gasteiger partial charge in [0.2, 0.25) is 5.91 Å². The second-order valence-electron chi connectivity index (χ2n) is 3.65. The van der Waals surface area contributed by atoms with Crippen LogP contribution >= 0.6 is 11.6 Å². The smallest absolute Gasteiger partial charge is 0.227 e. The van der Waals surface area contributed by atoms with Crippen LogP contribution in [0, 0.1) is 0 Å². The first-order valence-electron chi connectivity index (χ1n) is 4.97. The Morgan fingerprint density at radius 3 is 2.88 bits per heavy atom. The van der Waals surface area contributed by atoms with Crippen molar-refractivity contribution in [2.75, 3.05) is 13.6 Å². The average Bonchev–Trinajstić information content (AvgIpc) is 2.28.